The highest BCUT2D eigenvalue weighted by atomic mass is 35.5. The van der Waals surface area contributed by atoms with Crippen LogP contribution >= 0.6 is 11.6 Å². The molecule has 1 heterocycles. The molecule has 1 N–H and O–H groups in total. The van der Waals surface area contributed by atoms with Gasteiger partial charge in [-0.2, -0.15) is 0 Å². The average molecular weight is 255 g/mol. The van der Waals surface area contributed by atoms with E-state index in [1.54, 1.807) is 0 Å². The zero-order valence-corrected chi connectivity index (χ0v) is 11.0. The first kappa shape index (κ1) is 12.7. The summed E-state index contributed by atoms with van der Waals surface area (Å²) in [6, 6.07) is 1.93. The lowest BCUT2D eigenvalue weighted by molar-refractivity contribution is 0.201. The van der Waals surface area contributed by atoms with Crippen LogP contribution in [0.1, 0.15) is 38.2 Å². The lowest BCUT2D eigenvalue weighted by atomic mass is 10.3. The molecule has 1 aromatic heterocycles. The molecule has 0 unspecified atom stereocenters. The molecule has 94 valence electrons. The fourth-order valence-electron chi connectivity index (χ4n) is 2.08. The summed E-state index contributed by atoms with van der Waals surface area (Å²) in [5, 5.41) is 3.86. The van der Waals surface area contributed by atoms with E-state index in [1.165, 1.54) is 12.8 Å². The first-order valence-electron chi connectivity index (χ1n) is 6.31. The van der Waals surface area contributed by atoms with Gasteiger partial charge >= 0.3 is 0 Å². The van der Waals surface area contributed by atoms with E-state index in [0.717, 1.165) is 31.5 Å². The molecule has 0 aromatic carbocycles. The van der Waals surface area contributed by atoms with Gasteiger partial charge in [0.15, 0.2) is 0 Å². The third-order valence-corrected chi connectivity index (χ3v) is 3.29. The van der Waals surface area contributed by atoms with Crippen molar-refractivity contribution in [3.8, 4) is 5.88 Å². The van der Waals surface area contributed by atoms with Gasteiger partial charge in [0, 0.05) is 12.7 Å². The van der Waals surface area contributed by atoms with E-state index in [0.29, 0.717) is 17.0 Å². The molecule has 1 aliphatic rings. The van der Waals surface area contributed by atoms with E-state index in [-0.39, 0.29) is 0 Å². The zero-order chi connectivity index (χ0) is 12.1. The molecule has 0 atom stereocenters. The van der Waals surface area contributed by atoms with Gasteiger partial charge in [0.1, 0.15) is 11.1 Å². The fraction of sp³-hybridized carbons (Fsp3) is 0.615. The minimum atomic E-state index is 0.305. The van der Waals surface area contributed by atoms with Crippen LogP contribution in [0.2, 0.25) is 5.02 Å². The highest BCUT2D eigenvalue weighted by molar-refractivity contribution is 6.31. The van der Waals surface area contributed by atoms with Crippen LogP contribution in [0.3, 0.4) is 0 Å². The first-order valence-corrected chi connectivity index (χ1v) is 6.69. The Hall–Kier alpha value is -0.800. The molecule has 0 spiro atoms. The number of hydrogen-bond acceptors (Lipinski definition) is 3. The van der Waals surface area contributed by atoms with Crippen LogP contribution in [0.25, 0.3) is 0 Å². The standard InChI is InChI=1S/C13H19ClN2O/c1-2-15-8-10-7-12(14)13(16-9-10)17-11-5-3-4-6-11/h7,9,11,15H,2-6,8H2,1H3. The Morgan fingerprint density at radius 3 is 2.88 bits per heavy atom. The molecule has 17 heavy (non-hydrogen) atoms. The van der Waals surface area contributed by atoms with Crippen LogP contribution in [0.4, 0.5) is 0 Å². The van der Waals surface area contributed by atoms with Crippen LogP contribution in [0.15, 0.2) is 12.3 Å². The van der Waals surface area contributed by atoms with Crippen molar-refractivity contribution < 1.29 is 4.74 Å². The molecule has 2 rings (SSSR count). The number of nitrogens with one attached hydrogen (secondary N) is 1. The van der Waals surface area contributed by atoms with Crippen molar-refractivity contribution in [2.75, 3.05) is 6.54 Å². The summed E-state index contributed by atoms with van der Waals surface area (Å²) in [6.45, 7) is 3.82. The molecule has 1 saturated carbocycles. The molecule has 3 nitrogen and oxygen atoms in total. The van der Waals surface area contributed by atoms with Crippen molar-refractivity contribution in [1.82, 2.24) is 10.3 Å². The van der Waals surface area contributed by atoms with Gasteiger partial charge in [0.25, 0.3) is 0 Å². The lowest BCUT2D eigenvalue weighted by Crippen LogP contribution is -2.14. The van der Waals surface area contributed by atoms with Crippen molar-refractivity contribution in [2.45, 2.75) is 45.3 Å². The molecule has 0 bridgehead atoms. The van der Waals surface area contributed by atoms with Crippen molar-refractivity contribution in [3.63, 3.8) is 0 Å². The Morgan fingerprint density at radius 2 is 2.24 bits per heavy atom. The summed E-state index contributed by atoms with van der Waals surface area (Å²) in [5.74, 6) is 0.582. The summed E-state index contributed by atoms with van der Waals surface area (Å²) in [5.41, 5.74) is 1.09. The predicted molar refractivity (Wildman–Crippen MR) is 69.5 cm³/mol. The van der Waals surface area contributed by atoms with Gasteiger partial charge in [-0.15, -0.1) is 0 Å². The highest BCUT2D eigenvalue weighted by Gasteiger charge is 2.18. The van der Waals surface area contributed by atoms with Crippen LogP contribution < -0.4 is 10.1 Å². The van der Waals surface area contributed by atoms with E-state index >= 15 is 0 Å². The molecule has 0 radical (unpaired) electrons. The van der Waals surface area contributed by atoms with Gasteiger partial charge in [-0.05, 0) is 43.9 Å². The van der Waals surface area contributed by atoms with E-state index in [9.17, 15) is 0 Å². The second-order valence-corrected chi connectivity index (χ2v) is 4.84. The minimum absolute atomic E-state index is 0.305. The lowest BCUT2D eigenvalue weighted by Gasteiger charge is -2.13. The van der Waals surface area contributed by atoms with Crippen LogP contribution in [-0.4, -0.2) is 17.6 Å². The molecule has 0 saturated heterocycles. The van der Waals surface area contributed by atoms with Crippen molar-refractivity contribution >= 4 is 11.6 Å². The number of rotatable bonds is 5. The van der Waals surface area contributed by atoms with E-state index < -0.39 is 0 Å². The molecule has 1 fully saturated rings. The molecule has 0 amide bonds. The average Bonchev–Trinajstić information content (AvgIpc) is 2.82. The number of pyridine rings is 1. The summed E-state index contributed by atoms with van der Waals surface area (Å²) < 4.78 is 5.80. The molecule has 1 aromatic rings. The maximum absolute atomic E-state index is 6.17. The number of nitrogens with zero attached hydrogens (tertiary/aromatic N) is 1. The summed E-state index contributed by atoms with van der Waals surface area (Å²) in [6.07, 6.45) is 6.88. The fourth-order valence-corrected chi connectivity index (χ4v) is 2.32. The zero-order valence-electron chi connectivity index (χ0n) is 10.2. The quantitative estimate of drug-likeness (QED) is 0.877. The topological polar surface area (TPSA) is 34.2 Å². The van der Waals surface area contributed by atoms with Crippen molar-refractivity contribution in [1.29, 1.82) is 0 Å². The second-order valence-electron chi connectivity index (χ2n) is 4.44. The Bertz CT molecular complexity index is 364. The number of hydrogen-bond donors (Lipinski definition) is 1. The SMILES string of the molecule is CCNCc1cnc(OC2CCCC2)c(Cl)c1. The molecular weight excluding hydrogens is 236 g/mol. The summed E-state index contributed by atoms with van der Waals surface area (Å²) in [7, 11) is 0. The molecular formula is C13H19ClN2O. The third kappa shape index (κ3) is 3.58. The Morgan fingerprint density at radius 1 is 1.47 bits per heavy atom. The van der Waals surface area contributed by atoms with Gasteiger partial charge < -0.3 is 10.1 Å². The Kier molecular flexibility index (Phi) is 4.63. The Balaban J connectivity index is 1.98. The number of halogens is 1. The van der Waals surface area contributed by atoms with Crippen LogP contribution in [-0.2, 0) is 6.54 Å². The molecule has 1 aliphatic carbocycles. The van der Waals surface area contributed by atoms with Crippen LogP contribution in [0, 0.1) is 0 Å². The van der Waals surface area contributed by atoms with E-state index in [2.05, 4.69) is 17.2 Å². The van der Waals surface area contributed by atoms with Gasteiger partial charge in [-0.25, -0.2) is 4.98 Å². The predicted octanol–water partition coefficient (Wildman–Crippen LogP) is 3.17. The van der Waals surface area contributed by atoms with Gasteiger partial charge in [0.2, 0.25) is 5.88 Å². The van der Waals surface area contributed by atoms with Crippen molar-refractivity contribution in [2.24, 2.45) is 0 Å². The van der Waals surface area contributed by atoms with Gasteiger partial charge in [-0.3, -0.25) is 0 Å². The maximum Gasteiger partial charge on any atom is 0.232 e. The number of aromatic nitrogens is 1. The summed E-state index contributed by atoms with van der Waals surface area (Å²) in [4.78, 5) is 4.30. The molecule has 0 aliphatic heterocycles. The highest BCUT2D eigenvalue weighted by Crippen LogP contribution is 2.28. The second kappa shape index (κ2) is 6.22. The number of ether oxygens (including phenoxy) is 1. The van der Waals surface area contributed by atoms with Crippen LogP contribution in [0.5, 0.6) is 5.88 Å². The molecule has 4 heteroatoms. The first-order chi connectivity index (χ1) is 8.29. The van der Waals surface area contributed by atoms with E-state index in [4.69, 9.17) is 16.3 Å². The third-order valence-electron chi connectivity index (χ3n) is 3.02. The van der Waals surface area contributed by atoms with Gasteiger partial charge in [-0.1, -0.05) is 18.5 Å². The summed E-state index contributed by atoms with van der Waals surface area (Å²) >= 11 is 6.17. The monoisotopic (exact) mass is 254 g/mol. The Labute approximate surface area is 108 Å². The normalized spacial score (nSPS) is 16.4. The smallest absolute Gasteiger partial charge is 0.232 e. The maximum atomic E-state index is 6.17. The minimum Gasteiger partial charge on any atom is -0.473 e. The van der Waals surface area contributed by atoms with Gasteiger partial charge in [0.05, 0.1) is 0 Å². The van der Waals surface area contributed by atoms with Crippen molar-refractivity contribution in [3.05, 3.63) is 22.8 Å². The van der Waals surface area contributed by atoms with E-state index in [1.807, 2.05) is 12.3 Å². The largest absolute Gasteiger partial charge is 0.473 e.